The van der Waals surface area contributed by atoms with Crippen LogP contribution in [0, 0.1) is 57.7 Å². The van der Waals surface area contributed by atoms with E-state index >= 15 is 0 Å². The zero-order valence-electron chi connectivity index (χ0n) is 30.9. The molecule has 0 radical (unpaired) electrons. The number of allylic oxidation sites excluding steroid dienone is 14. The normalized spacial score (nSPS) is 30.3. The van der Waals surface area contributed by atoms with E-state index in [0.29, 0.717) is 11.5 Å². The van der Waals surface area contributed by atoms with Crippen molar-refractivity contribution in [2.75, 3.05) is 0 Å². The van der Waals surface area contributed by atoms with Crippen LogP contribution in [0.25, 0.3) is 21.8 Å². The summed E-state index contributed by atoms with van der Waals surface area (Å²) in [5, 5.41) is 28.5. The number of quaternary nitrogens is 1. The Kier molecular flexibility index (Phi) is 9.02. The molecule has 8 rings (SSSR count). The highest BCUT2D eigenvalue weighted by Crippen LogP contribution is 2.48. The first-order valence-corrected chi connectivity index (χ1v) is 19.3. The van der Waals surface area contributed by atoms with E-state index < -0.39 is 0 Å². The van der Waals surface area contributed by atoms with Crippen molar-refractivity contribution >= 4 is 21.8 Å². The van der Waals surface area contributed by atoms with Gasteiger partial charge in [-0.15, -0.1) is 0 Å². The highest BCUT2D eigenvalue weighted by Gasteiger charge is 2.41. The molecule has 0 amide bonds. The number of para-hydroxylation sites is 1. The van der Waals surface area contributed by atoms with Crippen LogP contribution in [0.5, 0.6) is 0 Å². The van der Waals surface area contributed by atoms with Crippen LogP contribution in [0.15, 0.2) is 137 Å². The van der Waals surface area contributed by atoms with Crippen LogP contribution in [0.3, 0.4) is 0 Å². The average molecular weight is 685 g/mol. The molecule has 5 heteroatoms. The Morgan fingerprint density at radius 2 is 1.81 bits per heavy atom. The van der Waals surface area contributed by atoms with Gasteiger partial charge in [-0.2, -0.15) is 10.5 Å². The van der Waals surface area contributed by atoms with Crippen molar-refractivity contribution in [3.05, 3.63) is 143 Å². The SMILES string of the molecule is CC1CC=CC=C1C1=C(NC2=CC(C3=CC(C)(C4=CCCC(C#N)C4C)CC=C3)C(C)C(n3c4ccccc4c4cc(C#N)ccc43)[NH2+]2)C=CCC1. The van der Waals surface area contributed by atoms with E-state index in [0.717, 1.165) is 55.2 Å². The zero-order chi connectivity index (χ0) is 36.0. The third-order valence-electron chi connectivity index (χ3n) is 12.7. The number of nitrogens with zero attached hydrogens (tertiary/aromatic N) is 3. The fraction of sp³-hybridized carbons (Fsp3) is 0.362. The summed E-state index contributed by atoms with van der Waals surface area (Å²) in [5.41, 5.74) is 9.74. The van der Waals surface area contributed by atoms with E-state index in [9.17, 15) is 10.5 Å². The quantitative estimate of drug-likeness (QED) is 0.254. The first-order chi connectivity index (χ1) is 25.3. The van der Waals surface area contributed by atoms with Gasteiger partial charge in [-0.05, 0) is 97.4 Å². The van der Waals surface area contributed by atoms with Crippen LogP contribution in [0.4, 0.5) is 0 Å². The molecule has 2 heterocycles. The number of nitrogens with two attached hydrogens (primary N) is 1. The fourth-order valence-corrected chi connectivity index (χ4v) is 9.84. The lowest BCUT2D eigenvalue weighted by Gasteiger charge is -2.41. The lowest BCUT2D eigenvalue weighted by Crippen LogP contribution is -2.89. The lowest BCUT2D eigenvalue weighted by atomic mass is 9.64. The van der Waals surface area contributed by atoms with E-state index in [4.69, 9.17) is 0 Å². The fourth-order valence-electron chi connectivity index (χ4n) is 9.84. The number of rotatable bonds is 6. The highest BCUT2D eigenvalue weighted by molar-refractivity contribution is 6.08. The topological polar surface area (TPSA) is 81.1 Å². The summed E-state index contributed by atoms with van der Waals surface area (Å²) in [6.07, 6.45) is 29.7. The second kappa shape index (κ2) is 13.8. The van der Waals surface area contributed by atoms with E-state index in [1.165, 1.54) is 38.9 Å². The van der Waals surface area contributed by atoms with Crippen LogP contribution in [-0.4, -0.2) is 4.57 Å². The molecule has 3 N–H and O–H groups in total. The third-order valence-corrected chi connectivity index (χ3v) is 12.7. The van der Waals surface area contributed by atoms with Gasteiger partial charge in [-0.1, -0.05) is 100 Å². The van der Waals surface area contributed by atoms with Gasteiger partial charge in [0.05, 0.1) is 34.7 Å². The van der Waals surface area contributed by atoms with Gasteiger partial charge in [0.2, 0.25) is 5.82 Å². The molecule has 0 spiro atoms. The molecule has 3 aromatic rings. The molecule has 0 saturated heterocycles. The van der Waals surface area contributed by atoms with Crippen molar-refractivity contribution in [1.82, 2.24) is 9.88 Å². The van der Waals surface area contributed by atoms with E-state index in [1.54, 1.807) is 0 Å². The summed E-state index contributed by atoms with van der Waals surface area (Å²) >= 11 is 0. The largest absolute Gasteiger partial charge is 0.311 e. The average Bonchev–Trinajstić information content (AvgIpc) is 3.49. The Morgan fingerprint density at radius 3 is 2.63 bits per heavy atom. The van der Waals surface area contributed by atoms with Crippen molar-refractivity contribution in [2.24, 2.45) is 35.0 Å². The Hall–Kier alpha value is -5.10. The number of hydrogen-bond acceptors (Lipinski definition) is 3. The summed E-state index contributed by atoms with van der Waals surface area (Å²) in [5.74, 6) is 2.35. The molecule has 0 bridgehead atoms. The number of nitrogens with one attached hydrogen (secondary N) is 1. The zero-order valence-corrected chi connectivity index (χ0v) is 30.9. The van der Waals surface area contributed by atoms with Crippen molar-refractivity contribution < 1.29 is 5.32 Å². The highest BCUT2D eigenvalue weighted by atomic mass is 15.2. The lowest BCUT2D eigenvalue weighted by molar-refractivity contribution is -0.682. The minimum Gasteiger partial charge on any atom is -0.311 e. The van der Waals surface area contributed by atoms with Crippen LogP contribution in [0.1, 0.15) is 77.9 Å². The molecule has 4 aliphatic carbocycles. The maximum absolute atomic E-state index is 9.97. The predicted octanol–water partition coefficient (Wildman–Crippen LogP) is 9.94. The maximum atomic E-state index is 9.97. The molecule has 0 saturated carbocycles. The third kappa shape index (κ3) is 5.92. The summed E-state index contributed by atoms with van der Waals surface area (Å²) in [6, 6.07) is 19.8. The van der Waals surface area contributed by atoms with Crippen molar-refractivity contribution in [3.8, 4) is 12.1 Å². The Labute approximate surface area is 308 Å². The number of benzene rings is 2. The molecule has 1 aliphatic heterocycles. The van der Waals surface area contributed by atoms with Gasteiger partial charge in [0.15, 0.2) is 6.17 Å². The second-order valence-electron chi connectivity index (χ2n) is 16.0. The molecule has 52 heavy (non-hydrogen) atoms. The molecule has 262 valence electrons. The monoisotopic (exact) mass is 684 g/mol. The Morgan fingerprint density at radius 1 is 0.962 bits per heavy atom. The van der Waals surface area contributed by atoms with Gasteiger partial charge in [-0.25, -0.2) is 0 Å². The van der Waals surface area contributed by atoms with Crippen LogP contribution in [0.2, 0.25) is 0 Å². The molecule has 1 aromatic heterocycles. The minimum atomic E-state index is -0.129. The molecule has 2 aromatic carbocycles. The molecule has 7 atom stereocenters. The maximum Gasteiger partial charge on any atom is 0.200 e. The Bertz CT molecular complexity index is 2270. The van der Waals surface area contributed by atoms with Crippen molar-refractivity contribution in [2.45, 2.75) is 72.4 Å². The molecular weight excluding hydrogens is 635 g/mol. The van der Waals surface area contributed by atoms with Gasteiger partial charge in [0, 0.05) is 39.8 Å². The smallest absolute Gasteiger partial charge is 0.200 e. The van der Waals surface area contributed by atoms with Gasteiger partial charge in [0.25, 0.3) is 0 Å². The number of hydrogen-bond donors (Lipinski definition) is 2. The molecule has 5 nitrogen and oxygen atoms in total. The summed E-state index contributed by atoms with van der Waals surface area (Å²) in [4.78, 5) is 0. The Balaban J connectivity index is 1.26. The summed E-state index contributed by atoms with van der Waals surface area (Å²) < 4.78 is 2.52. The van der Waals surface area contributed by atoms with Gasteiger partial charge in [-0.3, -0.25) is 9.88 Å². The first kappa shape index (κ1) is 34.0. The minimum absolute atomic E-state index is 0.0541. The van der Waals surface area contributed by atoms with Gasteiger partial charge >= 0.3 is 0 Å². The van der Waals surface area contributed by atoms with E-state index in [2.05, 4.69) is 152 Å². The number of aromatic nitrogens is 1. The predicted molar refractivity (Wildman–Crippen MR) is 211 cm³/mol. The van der Waals surface area contributed by atoms with E-state index in [-0.39, 0.29) is 35.3 Å². The summed E-state index contributed by atoms with van der Waals surface area (Å²) in [7, 11) is 0. The molecule has 0 fully saturated rings. The van der Waals surface area contributed by atoms with E-state index in [1.807, 2.05) is 6.07 Å². The van der Waals surface area contributed by atoms with Crippen molar-refractivity contribution in [1.29, 1.82) is 10.5 Å². The number of nitriles is 2. The van der Waals surface area contributed by atoms with Crippen molar-refractivity contribution in [3.63, 3.8) is 0 Å². The summed E-state index contributed by atoms with van der Waals surface area (Å²) in [6.45, 7) is 9.39. The number of fused-ring (bicyclic) bond motifs is 3. The van der Waals surface area contributed by atoms with Gasteiger partial charge in [0.1, 0.15) is 0 Å². The van der Waals surface area contributed by atoms with Crippen LogP contribution >= 0.6 is 0 Å². The standard InChI is InChI=1S/C47H49N5/c1-30-13-5-6-16-36(30)37-17-7-9-20-42(37)50-45-26-39(34-15-12-24-47(4,27-34)41-19-11-14-35(29-49)31(41)2)32(3)46(51-45)52-43-21-10-8-18-38(43)40-25-33(28-48)22-23-44(40)52/h5-6,8-10,12,15-16,18-23,25-27,30-32,35,39,46,50-51H,7,11,13-14,17,24H2,1-4H3/p+1. The van der Waals surface area contributed by atoms with Crippen LogP contribution < -0.4 is 10.6 Å². The molecule has 7 unspecified atom stereocenters. The van der Waals surface area contributed by atoms with Crippen LogP contribution in [-0.2, 0) is 0 Å². The molecular formula is C47H50N5+. The first-order valence-electron chi connectivity index (χ1n) is 19.3. The molecule has 5 aliphatic rings. The second-order valence-corrected chi connectivity index (χ2v) is 16.0. The van der Waals surface area contributed by atoms with Gasteiger partial charge < -0.3 is 5.32 Å².